The van der Waals surface area contributed by atoms with Crippen LogP contribution in [0.25, 0.3) is 22.0 Å². The SMILES string of the molecule is CC(NC(=O)c1cc2ccc(-c3ccc(F)cc3)cc2[nH]1)[C@@H](Cl)CCC[NH3+]. The van der Waals surface area contributed by atoms with E-state index in [0.29, 0.717) is 5.69 Å². The molecule has 2 aromatic carbocycles. The Bertz CT molecular complexity index is 923. The Morgan fingerprint density at radius 3 is 2.59 bits per heavy atom. The monoisotopic (exact) mass is 388 g/mol. The van der Waals surface area contributed by atoms with Crippen LogP contribution < -0.4 is 11.1 Å². The van der Waals surface area contributed by atoms with Crippen LogP contribution in [0.4, 0.5) is 4.39 Å². The highest BCUT2D eigenvalue weighted by Crippen LogP contribution is 2.25. The summed E-state index contributed by atoms with van der Waals surface area (Å²) in [6.07, 6.45) is 1.76. The molecule has 2 atom stereocenters. The fraction of sp³-hybridized carbons (Fsp3) is 0.286. The van der Waals surface area contributed by atoms with Gasteiger partial charge in [-0.15, -0.1) is 11.6 Å². The molecule has 27 heavy (non-hydrogen) atoms. The van der Waals surface area contributed by atoms with Gasteiger partial charge in [-0.1, -0.05) is 24.3 Å². The molecule has 5 N–H and O–H groups in total. The van der Waals surface area contributed by atoms with Crippen molar-refractivity contribution < 1.29 is 14.9 Å². The Labute approximate surface area is 162 Å². The van der Waals surface area contributed by atoms with Gasteiger partial charge in [-0.2, -0.15) is 0 Å². The number of halogens is 2. The lowest BCUT2D eigenvalue weighted by atomic mass is 10.0. The smallest absolute Gasteiger partial charge is 0.267 e. The van der Waals surface area contributed by atoms with Gasteiger partial charge in [-0.25, -0.2) is 4.39 Å². The standard InChI is InChI=1S/C21H23ClFN3O/c1-13(18(22)3-2-10-24)25-21(27)20-12-16-5-4-15(11-19(16)26-20)14-6-8-17(23)9-7-14/h4-9,11-13,18,26H,2-3,10,24H2,1H3,(H,25,27)/p+1/t13?,18-/m0/s1. The van der Waals surface area contributed by atoms with Crippen LogP contribution in [0.2, 0.25) is 0 Å². The highest BCUT2D eigenvalue weighted by Gasteiger charge is 2.18. The minimum atomic E-state index is -0.263. The summed E-state index contributed by atoms with van der Waals surface area (Å²) in [5.41, 5.74) is 7.04. The van der Waals surface area contributed by atoms with Gasteiger partial charge in [0.1, 0.15) is 11.5 Å². The van der Waals surface area contributed by atoms with E-state index in [1.807, 2.05) is 31.2 Å². The molecule has 0 aliphatic rings. The molecule has 1 amide bonds. The number of hydrogen-bond donors (Lipinski definition) is 3. The maximum atomic E-state index is 13.1. The Morgan fingerprint density at radius 1 is 1.19 bits per heavy atom. The van der Waals surface area contributed by atoms with E-state index in [0.717, 1.165) is 41.4 Å². The Morgan fingerprint density at radius 2 is 1.89 bits per heavy atom. The number of hydrogen-bond acceptors (Lipinski definition) is 1. The molecule has 0 fully saturated rings. The van der Waals surface area contributed by atoms with E-state index in [9.17, 15) is 9.18 Å². The Balaban J connectivity index is 1.76. The molecule has 0 aliphatic heterocycles. The third-order valence-electron chi connectivity index (χ3n) is 4.68. The van der Waals surface area contributed by atoms with E-state index < -0.39 is 0 Å². The zero-order valence-corrected chi connectivity index (χ0v) is 16.0. The number of H-pyrrole nitrogens is 1. The molecule has 1 aromatic heterocycles. The molecule has 0 bridgehead atoms. The first-order chi connectivity index (χ1) is 13.0. The van der Waals surface area contributed by atoms with Gasteiger partial charge in [-0.05, 0) is 55.2 Å². The second kappa shape index (κ2) is 8.55. The average Bonchev–Trinajstić information content (AvgIpc) is 3.10. The molecule has 0 saturated heterocycles. The van der Waals surface area contributed by atoms with Crippen molar-refractivity contribution in [1.82, 2.24) is 10.3 Å². The quantitative estimate of drug-likeness (QED) is 0.530. The predicted molar refractivity (Wildman–Crippen MR) is 107 cm³/mol. The van der Waals surface area contributed by atoms with E-state index in [4.69, 9.17) is 11.6 Å². The Hall–Kier alpha value is -2.37. The van der Waals surface area contributed by atoms with Crippen molar-refractivity contribution in [2.45, 2.75) is 31.2 Å². The molecule has 0 aliphatic carbocycles. The number of fused-ring (bicyclic) bond motifs is 1. The number of carbonyl (C=O) groups excluding carboxylic acids is 1. The summed E-state index contributed by atoms with van der Waals surface area (Å²) in [7, 11) is 0. The van der Waals surface area contributed by atoms with Gasteiger partial charge in [0.05, 0.1) is 11.9 Å². The van der Waals surface area contributed by atoms with Crippen LogP contribution in [0, 0.1) is 5.82 Å². The van der Waals surface area contributed by atoms with Crippen molar-refractivity contribution in [1.29, 1.82) is 0 Å². The van der Waals surface area contributed by atoms with Crippen LogP contribution in [0.1, 0.15) is 30.3 Å². The van der Waals surface area contributed by atoms with Gasteiger partial charge < -0.3 is 16.0 Å². The molecule has 0 saturated carbocycles. The molecule has 0 spiro atoms. The highest BCUT2D eigenvalue weighted by molar-refractivity contribution is 6.21. The zero-order chi connectivity index (χ0) is 19.4. The van der Waals surface area contributed by atoms with Crippen LogP contribution in [0.3, 0.4) is 0 Å². The Kier molecular flexibility index (Phi) is 6.14. The van der Waals surface area contributed by atoms with Crippen molar-refractivity contribution in [2.24, 2.45) is 0 Å². The maximum Gasteiger partial charge on any atom is 0.267 e. The molecular formula is C21H24ClFN3O+. The fourth-order valence-electron chi connectivity index (χ4n) is 3.04. The summed E-state index contributed by atoms with van der Waals surface area (Å²) in [5, 5.41) is 3.78. The average molecular weight is 389 g/mol. The maximum absolute atomic E-state index is 13.1. The van der Waals surface area contributed by atoms with Gasteiger partial charge in [0, 0.05) is 16.9 Å². The van der Waals surface area contributed by atoms with Gasteiger partial charge >= 0.3 is 0 Å². The minimum absolute atomic E-state index is 0.120. The molecular weight excluding hydrogens is 365 g/mol. The lowest BCUT2D eigenvalue weighted by Crippen LogP contribution is -2.50. The molecule has 4 nitrogen and oxygen atoms in total. The summed E-state index contributed by atoms with van der Waals surface area (Å²) >= 11 is 6.34. The van der Waals surface area contributed by atoms with Gasteiger partial charge in [-0.3, -0.25) is 4.79 Å². The second-order valence-electron chi connectivity index (χ2n) is 6.77. The molecule has 3 aromatic rings. The first kappa shape index (κ1) is 19.4. The van der Waals surface area contributed by atoms with Crippen molar-refractivity contribution in [3.8, 4) is 11.1 Å². The number of alkyl halides is 1. The predicted octanol–water partition coefficient (Wildman–Crippen LogP) is 3.72. The van der Waals surface area contributed by atoms with Crippen LogP contribution in [-0.4, -0.2) is 28.9 Å². The molecule has 1 unspecified atom stereocenters. The van der Waals surface area contributed by atoms with Gasteiger partial charge in [0.15, 0.2) is 0 Å². The van der Waals surface area contributed by atoms with Gasteiger partial charge in [0.25, 0.3) is 5.91 Å². The van der Waals surface area contributed by atoms with Gasteiger partial charge in [0.2, 0.25) is 0 Å². The number of amides is 1. The lowest BCUT2D eigenvalue weighted by Gasteiger charge is -2.18. The molecule has 1 heterocycles. The summed E-state index contributed by atoms with van der Waals surface area (Å²) in [4.78, 5) is 15.7. The van der Waals surface area contributed by atoms with E-state index in [1.54, 1.807) is 12.1 Å². The fourth-order valence-corrected chi connectivity index (χ4v) is 3.25. The summed E-state index contributed by atoms with van der Waals surface area (Å²) < 4.78 is 13.1. The number of benzene rings is 2. The normalized spacial score (nSPS) is 13.5. The number of quaternary nitrogens is 1. The number of aromatic amines is 1. The summed E-state index contributed by atoms with van der Waals surface area (Å²) in [5.74, 6) is -0.442. The van der Waals surface area contributed by atoms with Crippen molar-refractivity contribution in [3.63, 3.8) is 0 Å². The molecule has 142 valence electrons. The number of carbonyl (C=O) groups is 1. The third-order valence-corrected chi connectivity index (χ3v) is 5.27. The van der Waals surface area contributed by atoms with Crippen molar-refractivity contribution in [3.05, 3.63) is 60.0 Å². The first-order valence-electron chi connectivity index (χ1n) is 9.11. The van der Waals surface area contributed by atoms with Crippen LogP contribution in [0.15, 0.2) is 48.5 Å². The first-order valence-corrected chi connectivity index (χ1v) is 9.54. The van der Waals surface area contributed by atoms with Crippen LogP contribution in [0.5, 0.6) is 0 Å². The van der Waals surface area contributed by atoms with E-state index in [2.05, 4.69) is 16.0 Å². The third kappa shape index (κ3) is 4.67. The number of aromatic nitrogens is 1. The second-order valence-corrected chi connectivity index (χ2v) is 7.33. The van der Waals surface area contributed by atoms with Crippen molar-refractivity contribution >= 4 is 28.4 Å². The van der Waals surface area contributed by atoms with Crippen LogP contribution in [-0.2, 0) is 0 Å². The zero-order valence-electron chi connectivity index (χ0n) is 15.3. The molecule has 6 heteroatoms. The van der Waals surface area contributed by atoms with Crippen molar-refractivity contribution in [2.75, 3.05) is 6.54 Å². The van der Waals surface area contributed by atoms with E-state index in [1.165, 1.54) is 12.1 Å². The molecule has 0 radical (unpaired) electrons. The largest absolute Gasteiger partial charge is 0.358 e. The van der Waals surface area contributed by atoms with Crippen LogP contribution >= 0.6 is 11.6 Å². The number of nitrogens with one attached hydrogen (secondary N) is 2. The molecule has 3 rings (SSSR count). The number of rotatable bonds is 7. The minimum Gasteiger partial charge on any atom is -0.358 e. The highest BCUT2D eigenvalue weighted by atomic mass is 35.5. The summed E-state index contributed by atoms with van der Waals surface area (Å²) in [6.45, 7) is 2.75. The topological polar surface area (TPSA) is 72.5 Å². The van der Waals surface area contributed by atoms with E-state index in [-0.39, 0.29) is 23.1 Å². The summed E-state index contributed by atoms with van der Waals surface area (Å²) in [6, 6.07) is 13.9. The van der Waals surface area contributed by atoms with E-state index >= 15 is 0 Å². The lowest BCUT2D eigenvalue weighted by molar-refractivity contribution is -0.368.